The zero-order valence-electron chi connectivity index (χ0n) is 17.1. The zero-order chi connectivity index (χ0) is 22.0. The van der Waals surface area contributed by atoms with E-state index in [9.17, 15) is 14.7 Å². The van der Waals surface area contributed by atoms with Gasteiger partial charge in [0, 0.05) is 11.1 Å². The highest BCUT2D eigenvalue weighted by Gasteiger charge is 2.47. The van der Waals surface area contributed by atoms with Crippen LogP contribution in [-0.2, 0) is 16.1 Å². The monoisotopic (exact) mass is 419 g/mol. The van der Waals surface area contributed by atoms with Crippen molar-refractivity contribution >= 4 is 17.4 Å². The molecule has 7 heteroatoms. The molecule has 2 heterocycles. The van der Waals surface area contributed by atoms with Gasteiger partial charge >= 0.3 is 0 Å². The van der Waals surface area contributed by atoms with Gasteiger partial charge in [-0.15, -0.1) is 0 Å². The van der Waals surface area contributed by atoms with Crippen molar-refractivity contribution in [1.82, 2.24) is 4.90 Å². The first-order chi connectivity index (χ1) is 15.0. The van der Waals surface area contributed by atoms with Crippen LogP contribution in [0, 0.1) is 0 Å². The minimum atomic E-state index is -0.854. The summed E-state index contributed by atoms with van der Waals surface area (Å²) in [7, 11) is 3.02. The third kappa shape index (κ3) is 3.66. The molecule has 158 valence electrons. The Morgan fingerprint density at radius 2 is 1.84 bits per heavy atom. The van der Waals surface area contributed by atoms with E-state index in [1.54, 1.807) is 60.7 Å². The summed E-state index contributed by atoms with van der Waals surface area (Å²) >= 11 is 0. The van der Waals surface area contributed by atoms with Crippen LogP contribution >= 0.6 is 0 Å². The maximum Gasteiger partial charge on any atom is 0.296 e. The van der Waals surface area contributed by atoms with Crippen LogP contribution in [0.1, 0.15) is 22.9 Å². The highest BCUT2D eigenvalue weighted by atomic mass is 16.5. The summed E-state index contributed by atoms with van der Waals surface area (Å²) in [5.74, 6) is -0.254. The number of para-hydroxylation sites is 1. The largest absolute Gasteiger partial charge is 0.507 e. The minimum Gasteiger partial charge on any atom is -0.507 e. The molecule has 1 aliphatic rings. The van der Waals surface area contributed by atoms with E-state index in [0.717, 1.165) is 0 Å². The number of carbonyl (C=O) groups is 2. The number of aliphatic hydroxyl groups is 1. The number of likely N-dealkylation sites (tertiary alicyclic amines) is 1. The number of rotatable bonds is 6. The van der Waals surface area contributed by atoms with Crippen LogP contribution in [0.15, 0.2) is 76.9 Å². The quantitative estimate of drug-likeness (QED) is 0.370. The lowest BCUT2D eigenvalue weighted by Crippen LogP contribution is -2.29. The Balaban J connectivity index is 1.91. The highest BCUT2D eigenvalue weighted by molar-refractivity contribution is 6.46. The smallest absolute Gasteiger partial charge is 0.296 e. The van der Waals surface area contributed by atoms with Gasteiger partial charge in [-0.05, 0) is 30.3 Å². The Hall–Kier alpha value is -4.00. The predicted octanol–water partition coefficient (Wildman–Crippen LogP) is 3.92. The van der Waals surface area contributed by atoms with Crippen LogP contribution in [0.25, 0.3) is 5.76 Å². The number of benzene rings is 2. The molecule has 3 aromatic rings. The summed E-state index contributed by atoms with van der Waals surface area (Å²) in [6.07, 6.45) is 1.50. The topological polar surface area (TPSA) is 89.2 Å². The van der Waals surface area contributed by atoms with Crippen molar-refractivity contribution < 1.29 is 28.6 Å². The van der Waals surface area contributed by atoms with Gasteiger partial charge in [0.05, 0.1) is 38.6 Å². The molecule has 1 amide bonds. The van der Waals surface area contributed by atoms with Gasteiger partial charge < -0.3 is 23.9 Å². The van der Waals surface area contributed by atoms with E-state index in [4.69, 9.17) is 13.9 Å². The molecule has 1 unspecified atom stereocenters. The molecule has 0 bridgehead atoms. The lowest BCUT2D eigenvalue weighted by Gasteiger charge is -2.25. The standard InChI is InChI=1S/C24H21NO6/c1-29-16-8-5-7-15(13-16)22(26)20-21(18-10-3-4-11-19(18)30-2)25(24(28)23(20)27)14-17-9-6-12-31-17/h3-13,21,26H,14H2,1-2H3/b22-20-. The van der Waals surface area contributed by atoms with Crippen LogP contribution < -0.4 is 9.47 Å². The highest BCUT2D eigenvalue weighted by Crippen LogP contribution is 2.43. The van der Waals surface area contributed by atoms with E-state index in [1.165, 1.54) is 25.4 Å². The maximum absolute atomic E-state index is 13.1. The Morgan fingerprint density at radius 1 is 1.03 bits per heavy atom. The molecule has 7 nitrogen and oxygen atoms in total. The molecule has 1 aromatic heterocycles. The summed E-state index contributed by atoms with van der Waals surface area (Å²) < 4.78 is 16.1. The molecular weight excluding hydrogens is 398 g/mol. The fourth-order valence-corrected chi connectivity index (χ4v) is 3.76. The number of furan rings is 1. The van der Waals surface area contributed by atoms with E-state index >= 15 is 0 Å². The normalized spacial score (nSPS) is 17.7. The van der Waals surface area contributed by atoms with Gasteiger partial charge in [-0.2, -0.15) is 0 Å². The van der Waals surface area contributed by atoms with Gasteiger partial charge in [-0.25, -0.2) is 0 Å². The fraction of sp³-hybridized carbons (Fsp3) is 0.167. The number of amides is 1. The number of hydrogen-bond donors (Lipinski definition) is 1. The molecule has 0 spiro atoms. The number of ketones is 1. The molecule has 0 saturated carbocycles. The molecule has 0 radical (unpaired) electrons. The molecule has 1 aliphatic heterocycles. The fourth-order valence-electron chi connectivity index (χ4n) is 3.76. The summed E-state index contributed by atoms with van der Waals surface area (Å²) in [6, 6.07) is 16.4. The van der Waals surface area contributed by atoms with E-state index in [-0.39, 0.29) is 17.9 Å². The third-order valence-corrected chi connectivity index (χ3v) is 5.22. The average Bonchev–Trinajstić information content (AvgIpc) is 3.41. The Kier molecular flexibility index (Phi) is 5.49. The van der Waals surface area contributed by atoms with E-state index < -0.39 is 17.7 Å². The Labute approximate surface area is 179 Å². The molecule has 1 saturated heterocycles. The number of aliphatic hydroxyl groups excluding tert-OH is 1. The van der Waals surface area contributed by atoms with Gasteiger partial charge in [0.15, 0.2) is 0 Å². The van der Waals surface area contributed by atoms with Crippen molar-refractivity contribution in [2.45, 2.75) is 12.6 Å². The van der Waals surface area contributed by atoms with Gasteiger partial charge in [0.1, 0.15) is 23.0 Å². The molecule has 0 aliphatic carbocycles. The van der Waals surface area contributed by atoms with Gasteiger partial charge in [-0.3, -0.25) is 9.59 Å². The molecule has 1 atom stereocenters. The maximum atomic E-state index is 13.1. The number of hydrogen-bond acceptors (Lipinski definition) is 6. The van der Waals surface area contributed by atoms with Crippen LogP contribution in [0.3, 0.4) is 0 Å². The van der Waals surface area contributed by atoms with Crippen molar-refractivity contribution in [3.63, 3.8) is 0 Å². The van der Waals surface area contributed by atoms with Crippen molar-refractivity contribution in [3.05, 3.63) is 89.4 Å². The summed E-state index contributed by atoms with van der Waals surface area (Å²) in [5.41, 5.74) is 0.935. The lowest BCUT2D eigenvalue weighted by molar-refractivity contribution is -0.140. The number of ether oxygens (including phenoxy) is 2. The third-order valence-electron chi connectivity index (χ3n) is 5.22. The molecular formula is C24H21NO6. The van der Waals surface area contributed by atoms with E-state index in [0.29, 0.717) is 28.4 Å². The van der Waals surface area contributed by atoms with Gasteiger partial charge in [-0.1, -0.05) is 30.3 Å². The van der Waals surface area contributed by atoms with Crippen molar-refractivity contribution in [2.24, 2.45) is 0 Å². The average molecular weight is 419 g/mol. The second-order valence-electron chi connectivity index (χ2n) is 6.98. The van der Waals surface area contributed by atoms with Crippen LogP contribution in [0.2, 0.25) is 0 Å². The molecule has 1 fully saturated rings. The summed E-state index contributed by atoms with van der Waals surface area (Å²) in [4.78, 5) is 27.5. The first-order valence-electron chi connectivity index (χ1n) is 9.63. The van der Waals surface area contributed by atoms with Crippen LogP contribution in [0.4, 0.5) is 0 Å². The number of methoxy groups -OCH3 is 2. The summed E-state index contributed by atoms with van der Waals surface area (Å²) in [6.45, 7) is 0.0647. The van der Waals surface area contributed by atoms with Crippen molar-refractivity contribution in [3.8, 4) is 11.5 Å². The zero-order valence-corrected chi connectivity index (χ0v) is 17.1. The number of Topliss-reactive ketones (excluding diaryl/α,β-unsaturated/α-hetero) is 1. The van der Waals surface area contributed by atoms with E-state index in [1.807, 2.05) is 0 Å². The van der Waals surface area contributed by atoms with Crippen LogP contribution in [0.5, 0.6) is 11.5 Å². The number of nitrogens with zero attached hydrogens (tertiary/aromatic N) is 1. The predicted molar refractivity (Wildman–Crippen MR) is 113 cm³/mol. The van der Waals surface area contributed by atoms with Crippen LogP contribution in [-0.4, -0.2) is 35.9 Å². The van der Waals surface area contributed by atoms with Gasteiger partial charge in [0.25, 0.3) is 11.7 Å². The first kappa shape index (κ1) is 20.3. The van der Waals surface area contributed by atoms with Gasteiger partial charge in [0.2, 0.25) is 0 Å². The molecule has 2 aromatic carbocycles. The second kappa shape index (κ2) is 8.39. The second-order valence-corrected chi connectivity index (χ2v) is 6.98. The molecule has 4 rings (SSSR count). The summed E-state index contributed by atoms with van der Waals surface area (Å²) in [5, 5.41) is 11.1. The molecule has 31 heavy (non-hydrogen) atoms. The number of carbonyl (C=O) groups excluding carboxylic acids is 2. The van der Waals surface area contributed by atoms with Crippen molar-refractivity contribution in [1.29, 1.82) is 0 Å². The Morgan fingerprint density at radius 3 is 2.55 bits per heavy atom. The SMILES string of the molecule is COc1cccc(/C(O)=C2/C(=O)C(=O)N(Cc3ccco3)C2c2ccccc2OC)c1. The minimum absolute atomic E-state index is 0.0192. The first-order valence-corrected chi connectivity index (χ1v) is 9.63. The van der Waals surface area contributed by atoms with Crippen molar-refractivity contribution in [2.75, 3.05) is 14.2 Å². The lowest BCUT2D eigenvalue weighted by atomic mass is 9.94. The molecule has 1 N–H and O–H groups in total. The van der Waals surface area contributed by atoms with E-state index in [2.05, 4.69) is 0 Å². The Bertz CT molecular complexity index is 1150.